The van der Waals surface area contributed by atoms with Gasteiger partial charge in [0.25, 0.3) is 0 Å². The van der Waals surface area contributed by atoms with Crippen molar-refractivity contribution in [2.45, 2.75) is 49.3 Å². The molecule has 174 valence electrons. The van der Waals surface area contributed by atoms with Crippen molar-refractivity contribution in [2.24, 2.45) is 0 Å². The van der Waals surface area contributed by atoms with Gasteiger partial charge in [0.2, 0.25) is 10.0 Å². The van der Waals surface area contributed by atoms with E-state index in [9.17, 15) is 21.6 Å². The normalized spacial score (nSPS) is 22.5. The maximum Gasteiger partial charge on any atom is 0.490 e. The van der Waals surface area contributed by atoms with Crippen LogP contribution < -0.4 is 0 Å². The van der Waals surface area contributed by atoms with Gasteiger partial charge in [-0.25, -0.2) is 17.5 Å². The molecule has 1 aliphatic carbocycles. The zero-order valence-corrected chi connectivity index (χ0v) is 17.7. The molecule has 12 heteroatoms. The van der Waals surface area contributed by atoms with E-state index in [0.29, 0.717) is 19.7 Å². The fourth-order valence-corrected chi connectivity index (χ4v) is 5.65. The molecule has 0 atom stereocenters. The number of hydrogen-bond donors (Lipinski definition) is 1. The van der Waals surface area contributed by atoms with Crippen molar-refractivity contribution in [3.63, 3.8) is 0 Å². The monoisotopic (exact) mass is 465 g/mol. The van der Waals surface area contributed by atoms with Crippen LogP contribution in [0, 0.1) is 0 Å². The Hall–Kier alpha value is -1.76. The number of carboxylic acids is 1. The van der Waals surface area contributed by atoms with Gasteiger partial charge in [0.05, 0.1) is 23.2 Å². The molecule has 31 heavy (non-hydrogen) atoms. The number of piperidine rings is 1. The second kappa shape index (κ2) is 9.39. The van der Waals surface area contributed by atoms with Crippen molar-refractivity contribution >= 4 is 16.0 Å². The van der Waals surface area contributed by atoms with Crippen molar-refractivity contribution in [2.75, 3.05) is 32.8 Å². The highest BCUT2D eigenvalue weighted by atomic mass is 32.2. The minimum atomic E-state index is -5.08. The standard InChI is InChI=1S/C17H25N3O3S.C2HF3O2/c21-24(22,16-4-5-16)20-9-6-17(7-10-20)14-19(11-12-23-17)13-15-3-1-2-8-18-15;3-2(4,5)1(6)7/h1-3,8,16H,4-7,9-14H2;(H,6,7). The van der Waals surface area contributed by atoms with Crippen LogP contribution in [-0.2, 0) is 26.1 Å². The fraction of sp³-hybridized carbons (Fsp3) is 0.684. The van der Waals surface area contributed by atoms with Crippen LogP contribution in [0.5, 0.6) is 0 Å². The van der Waals surface area contributed by atoms with Gasteiger partial charge >= 0.3 is 12.1 Å². The summed E-state index contributed by atoms with van der Waals surface area (Å²) in [5, 5.41) is 7.01. The van der Waals surface area contributed by atoms with E-state index < -0.39 is 22.2 Å². The Bertz CT molecular complexity index is 854. The Labute approximate surface area is 179 Å². The fourth-order valence-electron chi connectivity index (χ4n) is 3.81. The third-order valence-corrected chi connectivity index (χ3v) is 8.02. The number of carboxylic acid groups (broad SMARTS) is 1. The summed E-state index contributed by atoms with van der Waals surface area (Å²) in [6.45, 7) is 4.49. The Morgan fingerprint density at radius 3 is 2.39 bits per heavy atom. The number of ether oxygens (including phenoxy) is 1. The second-order valence-electron chi connectivity index (χ2n) is 8.01. The minimum absolute atomic E-state index is 0.112. The second-order valence-corrected chi connectivity index (χ2v) is 10.2. The average Bonchev–Trinajstić information content (AvgIpc) is 3.55. The summed E-state index contributed by atoms with van der Waals surface area (Å²) in [6, 6.07) is 5.99. The number of aliphatic carboxylic acids is 1. The van der Waals surface area contributed by atoms with Crippen LogP contribution >= 0.6 is 0 Å². The molecule has 0 unspecified atom stereocenters. The number of halogens is 3. The summed E-state index contributed by atoms with van der Waals surface area (Å²) in [4.78, 5) is 15.7. The highest BCUT2D eigenvalue weighted by Gasteiger charge is 2.46. The molecule has 1 saturated carbocycles. The number of rotatable bonds is 4. The molecule has 3 heterocycles. The van der Waals surface area contributed by atoms with E-state index in [1.54, 1.807) is 4.31 Å². The van der Waals surface area contributed by atoms with Gasteiger partial charge in [-0.15, -0.1) is 0 Å². The lowest BCUT2D eigenvalue weighted by molar-refractivity contribution is -0.192. The molecule has 4 rings (SSSR count). The zero-order valence-electron chi connectivity index (χ0n) is 16.9. The minimum Gasteiger partial charge on any atom is -0.475 e. The van der Waals surface area contributed by atoms with Crippen LogP contribution in [0.3, 0.4) is 0 Å². The van der Waals surface area contributed by atoms with E-state index >= 15 is 0 Å². The van der Waals surface area contributed by atoms with E-state index in [1.165, 1.54) is 0 Å². The average molecular weight is 465 g/mol. The van der Waals surface area contributed by atoms with Crippen molar-refractivity contribution in [3.05, 3.63) is 30.1 Å². The van der Waals surface area contributed by atoms with Gasteiger partial charge in [0.15, 0.2) is 0 Å². The molecule has 3 fully saturated rings. The molecule has 0 bridgehead atoms. The maximum absolute atomic E-state index is 12.4. The first kappa shape index (κ1) is 23.9. The third kappa shape index (κ3) is 6.37. The predicted octanol–water partition coefficient (Wildman–Crippen LogP) is 1.87. The molecule has 1 N–H and O–H groups in total. The summed E-state index contributed by atoms with van der Waals surface area (Å²) in [5.41, 5.74) is 0.881. The van der Waals surface area contributed by atoms with Gasteiger partial charge in [0.1, 0.15) is 0 Å². The van der Waals surface area contributed by atoms with Crippen molar-refractivity contribution in [1.29, 1.82) is 0 Å². The summed E-state index contributed by atoms with van der Waals surface area (Å²) < 4.78 is 64.3. The van der Waals surface area contributed by atoms with Gasteiger partial charge in [-0.05, 0) is 37.8 Å². The first-order valence-corrected chi connectivity index (χ1v) is 11.6. The lowest BCUT2D eigenvalue weighted by atomic mass is 9.90. The molecule has 0 radical (unpaired) electrons. The van der Waals surface area contributed by atoms with Gasteiger partial charge in [-0.1, -0.05) is 6.07 Å². The number of morpholine rings is 1. The van der Waals surface area contributed by atoms with E-state index in [2.05, 4.69) is 9.88 Å². The highest BCUT2D eigenvalue weighted by Crippen LogP contribution is 2.36. The van der Waals surface area contributed by atoms with Crippen molar-refractivity contribution in [3.8, 4) is 0 Å². The van der Waals surface area contributed by atoms with E-state index in [1.807, 2.05) is 24.4 Å². The smallest absolute Gasteiger partial charge is 0.475 e. The first-order valence-electron chi connectivity index (χ1n) is 10.1. The number of hydrogen-bond acceptors (Lipinski definition) is 6. The van der Waals surface area contributed by atoms with E-state index in [4.69, 9.17) is 14.6 Å². The van der Waals surface area contributed by atoms with Crippen LogP contribution in [0.25, 0.3) is 0 Å². The predicted molar refractivity (Wildman–Crippen MR) is 105 cm³/mol. The molecule has 2 saturated heterocycles. The van der Waals surface area contributed by atoms with Crippen molar-refractivity contribution in [1.82, 2.24) is 14.2 Å². The topological polar surface area (TPSA) is 100 Å². The van der Waals surface area contributed by atoms with Crippen LogP contribution in [0.15, 0.2) is 24.4 Å². The molecular formula is C19H26F3N3O5S. The summed E-state index contributed by atoms with van der Waals surface area (Å²) in [7, 11) is -3.05. The molecule has 2 aliphatic heterocycles. The molecule has 3 aliphatic rings. The van der Waals surface area contributed by atoms with E-state index in [-0.39, 0.29) is 10.9 Å². The summed E-state index contributed by atoms with van der Waals surface area (Å²) in [6.07, 6.45) is -0.0151. The number of aromatic nitrogens is 1. The summed E-state index contributed by atoms with van der Waals surface area (Å²) >= 11 is 0. The Morgan fingerprint density at radius 2 is 1.87 bits per heavy atom. The molecule has 0 amide bonds. The Kier molecular flexibility index (Phi) is 7.24. The van der Waals surface area contributed by atoms with Gasteiger partial charge < -0.3 is 9.84 Å². The SMILES string of the molecule is O=C(O)C(F)(F)F.O=S(=O)(C1CC1)N1CCC2(CC1)CN(Cc1ccccn1)CCO2. The summed E-state index contributed by atoms with van der Waals surface area (Å²) in [5.74, 6) is -2.76. The Morgan fingerprint density at radius 1 is 1.23 bits per heavy atom. The van der Waals surface area contributed by atoms with Gasteiger partial charge in [0, 0.05) is 38.9 Å². The number of alkyl halides is 3. The number of pyridine rings is 1. The third-order valence-electron chi connectivity index (χ3n) is 5.62. The van der Waals surface area contributed by atoms with Gasteiger partial charge in [-0.2, -0.15) is 13.2 Å². The highest BCUT2D eigenvalue weighted by molar-refractivity contribution is 7.90. The molecule has 1 aromatic rings. The quantitative estimate of drug-likeness (QED) is 0.725. The lowest BCUT2D eigenvalue weighted by Crippen LogP contribution is -2.57. The number of carbonyl (C=O) groups is 1. The van der Waals surface area contributed by atoms with Crippen LogP contribution in [-0.4, -0.2) is 83.5 Å². The van der Waals surface area contributed by atoms with Crippen LogP contribution in [0.1, 0.15) is 31.4 Å². The maximum atomic E-state index is 12.4. The Balaban J connectivity index is 0.000000339. The van der Waals surface area contributed by atoms with Crippen molar-refractivity contribution < 1.29 is 36.2 Å². The zero-order chi connectivity index (χ0) is 22.7. The first-order chi connectivity index (χ1) is 14.5. The van der Waals surface area contributed by atoms with Crippen LogP contribution in [0.4, 0.5) is 13.2 Å². The lowest BCUT2D eigenvalue weighted by Gasteiger charge is -2.47. The molecule has 1 aromatic heterocycles. The number of nitrogens with zero attached hydrogens (tertiary/aromatic N) is 3. The molecule has 1 spiro atoms. The van der Waals surface area contributed by atoms with Gasteiger partial charge in [-0.3, -0.25) is 9.88 Å². The molecular weight excluding hydrogens is 439 g/mol. The molecule has 8 nitrogen and oxygen atoms in total. The van der Waals surface area contributed by atoms with Crippen LogP contribution in [0.2, 0.25) is 0 Å². The number of sulfonamides is 1. The largest absolute Gasteiger partial charge is 0.490 e. The molecule has 0 aromatic carbocycles. The van der Waals surface area contributed by atoms with E-state index in [0.717, 1.165) is 51.0 Å².